The number of allylic oxidation sites excluding steroid dienone is 1. The molecule has 3 heteroatoms. The Kier molecular flexibility index (Phi) is 1.42. The van der Waals surface area contributed by atoms with E-state index >= 15 is 0 Å². The number of carbonyl (C=O) groups excluding carboxylic acids is 1. The minimum atomic E-state index is -0.356. The first-order valence-electron chi connectivity index (χ1n) is 2.84. The van der Waals surface area contributed by atoms with Crippen LogP contribution in [0.1, 0.15) is 13.3 Å². The fourth-order valence-electron chi connectivity index (χ4n) is 0.866. The lowest BCUT2D eigenvalue weighted by molar-refractivity contribution is -0.114. The molecule has 0 aliphatic carbocycles. The minimum Gasteiger partial charge on any atom is -0.497 e. The average molecular weight is 127 g/mol. The number of carbonyl (C=O) groups is 1. The van der Waals surface area contributed by atoms with Gasteiger partial charge in [-0.25, -0.2) is 0 Å². The van der Waals surface area contributed by atoms with Crippen LogP contribution >= 0.6 is 0 Å². The Morgan fingerprint density at radius 2 is 2.44 bits per heavy atom. The fraction of sp³-hybridized carbons (Fsp3) is 0.500. The van der Waals surface area contributed by atoms with Gasteiger partial charge < -0.3 is 10.5 Å². The van der Waals surface area contributed by atoms with E-state index in [4.69, 9.17) is 10.5 Å². The quantitative estimate of drug-likeness (QED) is 0.545. The highest BCUT2D eigenvalue weighted by Crippen LogP contribution is 2.16. The van der Waals surface area contributed by atoms with Gasteiger partial charge in [-0.15, -0.1) is 0 Å². The number of nitrogens with two attached hydrogens (primary N) is 1. The van der Waals surface area contributed by atoms with Gasteiger partial charge in [0.05, 0.1) is 12.2 Å². The molecule has 0 atom stereocenters. The van der Waals surface area contributed by atoms with E-state index in [1.165, 1.54) is 0 Å². The number of amides is 1. The van der Waals surface area contributed by atoms with Gasteiger partial charge in [0.2, 0.25) is 5.91 Å². The highest BCUT2D eigenvalue weighted by atomic mass is 16.5. The Labute approximate surface area is 53.5 Å². The molecule has 0 aromatic rings. The van der Waals surface area contributed by atoms with Gasteiger partial charge in [-0.1, -0.05) is 0 Å². The van der Waals surface area contributed by atoms with Crippen molar-refractivity contribution in [2.24, 2.45) is 5.73 Å². The van der Waals surface area contributed by atoms with Crippen LogP contribution in [0.15, 0.2) is 11.3 Å². The van der Waals surface area contributed by atoms with E-state index in [1.807, 2.05) is 0 Å². The van der Waals surface area contributed by atoms with E-state index in [0.717, 1.165) is 0 Å². The molecule has 0 saturated heterocycles. The molecule has 1 rings (SSSR count). The van der Waals surface area contributed by atoms with Crippen molar-refractivity contribution in [3.63, 3.8) is 0 Å². The molecule has 0 radical (unpaired) electrons. The van der Waals surface area contributed by atoms with Crippen molar-refractivity contribution in [3.05, 3.63) is 11.3 Å². The third-order valence-corrected chi connectivity index (χ3v) is 1.39. The second kappa shape index (κ2) is 2.09. The van der Waals surface area contributed by atoms with Gasteiger partial charge in [0.15, 0.2) is 0 Å². The Morgan fingerprint density at radius 1 is 1.78 bits per heavy atom. The van der Waals surface area contributed by atoms with Crippen molar-refractivity contribution >= 4 is 5.91 Å². The maximum atomic E-state index is 10.5. The van der Waals surface area contributed by atoms with Gasteiger partial charge in [-0.05, 0) is 6.92 Å². The van der Waals surface area contributed by atoms with Gasteiger partial charge in [0, 0.05) is 6.42 Å². The minimum absolute atomic E-state index is 0.356. The molecule has 0 spiro atoms. The molecule has 1 amide bonds. The molecule has 1 heterocycles. The van der Waals surface area contributed by atoms with Gasteiger partial charge in [0.1, 0.15) is 5.76 Å². The molecule has 0 fully saturated rings. The van der Waals surface area contributed by atoms with Gasteiger partial charge in [-0.2, -0.15) is 0 Å². The fourth-order valence-corrected chi connectivity index (χ4v) is 0.866. The highest BCUT2D eigenvalue weighted by molar-refractivity contribution is 5.92. The molecule has 1 aliphatic heterocycles. The Hall–Kier alpha value is -0.990. The number of rotatable bonds is 1. The van der Waals surface area contributed by atoms with Crippen molar-refractivity contribution in [1.82, 2.24) is 0 Å². The third kappa shape index (κ3) is 1.04. The normalized spacial score (nSPS) is 17.9. The lowest BCUT2D eigenvalue weighted by Crippen LogP contribution is -2.13. The van der Waals surface area contributed by atoms with Crippen LogP contribution in [0.3, 0.4) is 0 Å². The van der Waals surface area contributed by atoms with Gasteiger partial charge in [0.25, 0.3) is 0 Å². The smallest absolute Gasteiger partial charge is 0.248 e. The molecule has 1 aliphatic rings. The summed E-state index contributed by atoms with van der Waals surface area (Å²) in [5.41, 5.74) is 5.65. The Balaban J connectivity index is 2.78. The van der Waals surface area contributed by atoms with Crippen molar-refractivity contribution in [2.75, 3.05) is 6.61 Å². The molecule has 0 saturated carbocycles. The van der Waals surface area contributed by atoms with Gasteiger partial charge >= 0.3 is 0 Å². The van der Waals surface area contributed by atoms with Crippen LogP contribution in [0.25, 0.3) is 0 Å². The predicted octanol–water partition coefficient (Wildman–Crippen LogP) is 0.166. The maximum absolute atomic E-state index is 10.5. The van der Waals surface area contributed by atoms with E-state index in [-0.39, 0.29) is 5.91 Å². The van der Waals surface area contributed by atoms with Crippen molar-refractivity contribution in [3.8, 4) is 0 Å². The highest BCUT2D eigenvalue weighted by Gasteiger charge is 2.15. The lowest BCUT2D eigenvalue weighted by Gasteiger charge is -1.93. The van der Waals surface area contributed by atoms with Crippen LogP contribution in [0.2, 0.25) is 0 Å². The van der Waals surface area contributed by atoms with E-state index in [1.54, 1.807) is 6.92 Å². The first-order valence-corrected chi connectivity index (χ1v) is 2.84. The number of primary amides is 1. The molecule has 0 bridgehead atoms. The Bertz CT molecular complexity index is 172. The van der Waals surface area contributed by atoms with E-state index in [9.17, 15) is 4.79 Å². The summed E-state index contributed by atoms with van der Waals surface area (Å²) < 4.78 is 5.01. The molecule has 3 nitrogen and oxygen atoms in total. The Morgan fingerprint density at radius 3 is 2.67 bits per heavy atom. The zero-order chi connectivity index (χ0) is 6.85. The number of hydrogen-bond acceptors (Lipinski definition) is 2. The summed E-state index contributed by atoms with van der Waals surface area (Å²) >= 11 is 0. The molecule has 50 valence electrons. The zero-order valence-electron chi connectivity index (χ0n) is 5.31. The van der Waals surface area contributed by atoms with Crippen LogP contribution < -0.4 is 5.73 Å². The summed E-state index contributed by atoms with van der Waals surface area (Å²) in [5.74, 6) is 0.326. The van der Waals surface area contributed by atoms with E-state index in [0.29, 0.717) is 24.4 Å². The van der Waals surface area contributed by atoms with Crippen LogP contribution in [0, 0.1) is 0 Å². The van der Waals surface area contributed by atoms with Crippen LogP contribution in [0.4, 0.5) is 0 Å². The average Bonchev–Trinajstić information content (AvgIpc) is 2.13. The summed E-state index contributed by atoms with van der Waals surface area (Å²) in [6.07, 6.45) is 0.668. The molecule has 0 unspecified atom stereocenters. The lowest BCUT2D eigenvalue weighted by atomic mass is 10.2. The van der Waals surface area contributed by atoms with Crippen molar-refractivity contribution in [2.45, 2.75) is 13.3 Å². The second-order valence-corrected chi connectivity index (χ2v) is 2.00. The number of ether oxygens (including phenoxy) is 1. The molecule has 0 aromatic heterocycles. The van der Waals surface area contributed by atoms with E-state index < -0.39 is 0 Å². The largest absolute Gasteiger partial charge is 0.497 e. The standard InChI is InChI=1S/C6H9NO2/c1-4-5(6(7)8)2-3-9-4/h2-3H2,1H3,(H2,7,8). The number of hydrogen-bond donors (Lipinski definition) is 1. The van der Waals surface area contributed by atoms with Gasteiger partial charge in [-0.3, -0.25) is 4.79 Å². The third-order valence-electron chi connectivity index (χ3n) is 1.39. The summed E-state index contributed by atoms with van der Waals surface area (Å²) in [4.78, 5) is 10.5. The zero-order valence-corrected chi connectivity index (χ0v) is 5.31. The van der Waals surface area contributed by atoms with Crippen molar-refractivity contribution < 1.29 is 9.53 Å². The molecular weight excluding hydrogens is 118 g/mol. The van der Waals surface area contributed by atoms with Crippen LogP contribution in [-0.4, -0.2) is 12.5 Å². The molecular formula is C6H9NO2. The summed E-state index contributed by atoms with van der Waals surface area (Å²) in [6, 6.07) is 0. The second-order valence-electron chi connectivity index (χ2n) is 2.00. The first kappa shape index (κ1) is 6.13. The maximum Gasteiger partial charge on any atom is 0.248 e. The summed E-state index contributed by atoms with van der Waals surface area (Å²) in [6.45, 7) is 2.36. The van der Waals surface area contributed by atoms with Crippen molar-refractivity contribution in [1.29, 1.82) is 0 Å². The topological polar surface area (TPSA) is 52.3 Å². The summed E-state index contributed by atoms with van der Waals surface area (Å²) in [5, 5.41) is 0. The first-order chi connectivity index (χ1) is 4.22. The SMILES string of the molecule is CC1=C(C(N)=O)CCO1. The van der Waals surface area contributed by atoms with Crippen LogP contribution in [0.5, 0.6) is 0 Å². The monoisotopic (exact) mass is 127 g/mol. The van der Waals surface area contributed by atoms with E-state index in [2.05, 4.69) is 0 Å². The molecule has 0 aromatic carbocycles. The summed E-state index contributed by atoms with van der Waals surface area (Å²) in [7, 11) is 0. The molecule has 9 heavy (non-hydrogen) atoms. The predicted molar refractivity (Wildman–Crippen MR) is 32.5 cm³/mol. The van der Waals surface area contributed by atoms with Crippen LogP contribution in [-0.2, 0) is 9.53 Å². The molecule has 2 N–H and O–H groups in total.